The maximum Gasteiger partial charge on any atom is 0.319 e. The third kappa shape index (κ3) is 3.22. The van der Waals surface area contributed by atoms with Crippen molar-refractivity contribution >= 4 is 23.3 Å². The van der Waals surface area contributed by atoms with Crippen molar-refractivity contribution in [1.82, 2.24) is 5.32 Å². The number of carbonyl (C=O) groups excluding carboxylic acids is 2. The number of anilines is 2. The molecule has 5 nitrogen and oxygen atoms in total. The van der Waals surface area contributed by atoms with E-state index in [-0.39, 0.29) is 18.0 Å². The Kier molecular flexibility index (Phi) is 4.14. The van der Waals surface area contributed by atoms with Crippen LogP contribution in [0, 0.1) is 0 Å². The number of rotatable bonds is 3. The summed E-state index contributed by atoms with van der Waals surface area (Å²) in [6.45, 7) is 0.743. The highest BCUT2D eigenvalue weighted by molar-refractivity contribution is 5.96. The Morgan fingerprint density at radius 3 is 2.80 bits per heavy atom. The summed E-state index contributed by atoms with van der Waals surface area (Å²) in [5, 5.41) is 5.94. The van der Waals surface area contributed by atoms with E-state index in [1.54, 1.807) is 4.90 Å². The first kappa shape index (κ1) is 15.7. The van der Waals surface area contributed by atoms with Gasteiger partial charge in [0.2, 0.25) is 5.91 Å². The van der Waals surface area contributed by atoms with Crippen molar-refractivity contribution in [3.63, 3.8) is 0 Å². The number of benzene rings is 2. The molecule has 0 saturated carbocycles. The first-order chi connectivity index (χ1) is 12.2. The highest BCUT2D eigenvalue weighted by Crippen LogP contribution is 2.31. The van der Waals surface area contributed by atoms with Crippen LogP contribution in [0.3, 0.4) is 0 Å². The quantitative estimate of drug-likeness (QED) is 0.900. The minimum Gasteiger partial charge on any atom is -0.331 e. The van der Waals surface area contributed by atoms with Gasteiger partial charge in [0.1, 0.15) is 0 Å². The first-order valence-corrected chi connectivity index (χ1v) is 8.76. The van der Waals surface area contributed by atoms with E-state index in [2.05, 4.69) is 22.8 Å². The predicted octanol–water partition coefficient (Wildman–Crippen LogP) is 3.62. The number of nitrogens with one attached hydrogen (secondary N) is 2. The molecule has 2 aromatic rings. The molecule has 0 bridgehead atoms. The molecule has 25 heavy (non-hydrogen) atoms. The average molecular weight is 335 g/mol. The monoisotopic (exact) mass is 335 g/mol. The summed E-state index contributed by atoms with van der Waals surface area (Å²) < 4.78 is 0. The minimum atomic E-state index is -0.216. The highest BCUT2D eigenvalue weighted by atomic mass is 16.2. The molecule has 2 aromatic carbocycles. The predicted molar refractivity (Wildman–Crippen MR) is 97.7 cm³/mol. The molecule has 128 valence electrons. The van der Waals surface area contributed by atoms with Crippen LogP contribution in [0.25, 0.3) is 0 Å². The van der Waals surface area contributed by atoms with Crippen molar-refractivity contribution in [3.05, 3.63) is 59.7 Å². The SMILES string of the molecule is O=C(Nc1cccc(N2CCCC2=O)c1)NC1CCc2ccccc21. The Labute approximate surface area is 147 Å². The molecule has 3 amide bonds. The van der Waals surface area contributed by atoms with E-state index in [0.717, 1.165) is 31.5 Å². The summed E-state index contributed by atoms with van der Waals surface area (Å²) in [5.41, 5.74) is 4.05. The van der Waals surface area contributed by atoms with Gasteiger partial charge >= 0.3 is 6.03 Å². The van der Waals surface area contributed by atoms with Gasteiger partial charge in [0.25, 0.3) is 0 Å². The van der Waals surface area contributed by atoms with Crippen LogP contribution in [0.2, 0.25) is 0 Å². The van der Waals surface area contributed by atoms with Gasteiger partial charge < -0.3 is 15.5 Å². The van der Waals surface area contributed by atoms with E-state index in [1.165, 1.54) is 11.1 Å². The Morgan fingerprint density at radius 1 is 1.08 bits per heavy atom. The maximum atomic E-state index is 12.4. The van der Waals surface area contributed by atoms with Gasteiger partial charge in [-0.2, -0.15) is 0 Å². The van der Waals surface area contributed by atoms with E-state index in [1.807, 2.05) is 36.4 Å². The summed E-state index contributed by atoms with van der Waals surface area (Å²) in [6, 6.07) is 15.5. The van der Waals surface area contributed by atoms with Crippen LogP contribution in [0.1, 0.15) is 36.4 Å². The number of carbonyl (C=O) groups is 2. The van der Waals surface area contributed by atoms with E-state index in [9.17, 15) is 9.59 Å². The molecule has 0 radical (unpaired) electrons. The third-order valence-corrected chi connectivity index (χ3v) is 4.93. The van der Waals surface area contributed by atoms with Crippen LogP contribution in [0.5, 0.6) is 0 Å². The number of nitrogens with zero attached hydrogens (tertiary/aromatic N) is 1. The normalized spacial score (nSPS) is 19.0. The lowest BCUT2D eigenvalue weighted by Crippen LogP contribution is -2.31. The van der Waals surface area contributed by atoms with Crippen LogP contribution in [0.15, 0.2) is 48.5 Å². The smallest absolute Gasteiger partial charge is 0.319 e. The number of urea groups is 1. The van der Waals surface area contributed by atoms with Crippen molar-refractivity contribution < 1.29 is 9.59 Å². The Morgan fingerprint density at radius 2 is 1.96 bits per heavy atom. The van der Waals surface area contributed by atoms with Gasteiger partial charge in [-0.05, 0) is 48.6 Å². The van der Waals surface area contributed by atoms with Gasteiger partial charge in [-0.1, -0.05) is 30.3 Å². The summed E-state index contributed by atoms with van der Waals surface area (Å²) in [4.78, 5) is 26.0. The van der Waals surface area contributed by atoms with E-state index >= 15 is 0 Å². The van der Waals surface area contributed by atoms with Gasteiger partial charge in [-0.3, -0.25) is 4.79 Å². The number of hydrogen-bond donors (Lipinski definition) is 2. The summed E-state index contributed by atoms with van der Waals surface area (Å²) in [7, 11) is 0. The number of aryl methyl sites for hydroxylation is 1. The van der Waals surface area contributed by atoms with Crippen molar-refractivity contribution in [2.24, 2.45) is 0 Å². The molecule has 4 rings (SSSR count). The lowest BCUT2D eigenvalue weighted by Gasteiger charge is -2.18. The van der Waals surface area contributed by atoms with Crippen LogP contribution in [-0.2, 0) is 11.2 Å². The van der Waals surface area contributed by atoms with Crippen LogP contribution in [-0.4, -0.2) is 18.5 Å². The minimum absolute atomic E-state index is 0.0551. The third-order valence-electron chi connectivity index (χ3n) is 4.93. The second-order valence-corrected chi connectivity index (χ2v) is 6.59. The van der Waals surface area contributed by atoms with Gasteiger partial charge in [0, 0.05) is 24.3 Å². The first-order valence-electron chi connectivity index (χ1n) is 8.76. The molecule has 2 N–H and O–H groups in total. The molecule has 1 saturated heterocycles. The molecule has 0 spiro atoms. The topological polar surface area (TPSA) is 61.4 Å². The summed E-state index contributed by atoms with van der Waals surface area (Å²) in [6.07, 6.45) is 3.40. The summed E-state index contributed by atoms with van der Waals surface area (Å²) in [5.74, 6) is 0.143. The van der Waals surface area contributed by atoms with Crippen molar-refractivity contribution in [2.45, 2.75) is 31.7 Å². The Balaban J connectivity index is 1.42. The number of fused-ring (bicyclic) bond motifs is 1. The van der Waals surface area contributed by atoms with Crippen molar-refractivity contribution in [3.8, 4) is 0 Å². The average Bonchev–Trinajstić information content (AvgIpc) is 3.22. The molecule has 1 unspecified atom stereocenters. The highest BCUT2D eigenvalue weighted by Gasteiger charge is 2.24. The Bertz CT molecular complexity index is 818. The van der Waals surface area contributed by atoms with E-state index in [4.69, 9.17) is 0 Å². The van der Waals surface area contributed by atoms with E-state index < -0.39 is 0 Å². The second-order valence-electron chi connectivity index (χ2n) is 6.59. The molecule has 1 atom stereocenters. The fraction of sp³-hybridized carbons (Fsp3) is 0.300. The molecule has 1 heterocycles. The van der Waals surface area contributed by atoms with Crippen molar-refractivity contribution in [2.75, 3.05) is 16.8 Å². The van der Waals surface area contributed by atoms with Crippen molar-refractivity contribution in [1.29, 1.82) is 0 Å². The lowest BCUT2D eigenvalue weighted by molar-refractivity contribution is -0.117. The number of amides is 3. The molecular weight excluding hydrogens is 314 g/mol. The summed E-state index contributed by atoms with van der Waals surface area (Å²) >= 11 is 0. The zero-order valence-corrected chi connectivity index (χ0v) is 14.0. The van der Waals surface area contributed by atoms with Gasteiger partial charge in [-0.15, -0.1) is 0 Å². The molecule has 1 aliphatic heterocycles. The molecule has 0 aromatic heterocycles. The largest absolute Gasteiger partial charge is 0.331 e. The molecule has 5 heteroatoms. The molecular formula is C20H21N3O2. The zero-order chi connectivity index (χ0) is 17.2. The standard InChI is InChI=1S/C20H21N3O2/c24-19-9-4-12-23(19)16-7-3-6-15(13-16)21-20(25)22-18-11-10-14-5-1-2-8-17(14)18/h1-3,5-8,13,18H,4,9-12H2,(H2,21,22,25). The van der Waals surface area contributed by atoms with Crippen LogP contribution >= 0.6 is 0 Å². The van der Waals surface area contributed by atoms with Crippen LogP contribution < -0.4 is 15.5 Å². The maximum absolute atomic E-state index is 12.4. The fourth-order valence-corrected chi connectivity index (χ4v) is 3.71. The van der Waals surface area contributed by atoms with Gasteiger partial charge in [0.05, 0.1) is 6.04 Å². The van der Waals surface area contributed by atoms with E-state index in [0.29, 0.717) is 12.1 Å². The zero-order valence-electron chi connectivity index (χ0n) is 14.0. The number of hydrogen-bond acceptors (Lipinski definition) is 2. The molecule has 1 aliphatic carbocycles. The molecule has 1 fully saturated rings. The van der Waals surface area contributed by atoms with Crippen LogP contribution in [0.4, 0.5) is 16.2 Å². The fourth-order valence-electron chi connectivity index (χ4n) is 3.71. The second kappa shape index (κ2) is 6.59. The molecule has 2 aliphatic rings. The Hall–Kier alpha value is -2.82. The van der Waals surface area contributed by atoms with Gasteiger partial charge in [0.15, 0.2) is 0 Å². The lowest BCUT2D eigenvalue weighted by atomic mass is 10.1. The van der Waals surface area contributed by atoms with Gasteiger partial charge in [-0.25, -0.2) is 4.79 Å².